The van der Waals surface area contributed by atoms with Crippen LogP contribution in [0.25, 0.3) is 0 Å². The van der Waals surface area contributed by atoms with Gasteiger partial charge < -0.3 is 10.4 Å². The van der Waals surface area contributed by atoms with Crippen molar-refractivity contribution in [2.24, 2.45) is 5.92 Å². The number of piperazine rings is 1. The molecule has 0 aromatic heterocycles. The maximum absolute atomic E-state index is 11.1. The lowest BCUT2D eigenvalue weighted by Gasteiger charge is -2.43. The Labute approximate surface area is 137 Å². The lowest BCUT2D eigenvalue weighted by molar-refractivity contribution is -0.385. The van der Waals surface area contributed by atoms with Crippen LogP contribution in [-0.2, 0) is 0 Å². The molecule has 2 N–H and O–H groups in total. The molecule has 1 aliphatic heterocycles. The van der Waals surface area contributed by atoms with Crippen molar-refractivity contribution >= 4 is 21.6 Å². The van der Waals surface area contributed by atoms with Gasteiger partial charge in [0.25, 0.3) is 5.69 Å². The first kappa shape index (κ1) is 15.7. The van der Waals surface area contributed by atoms with Crippen LogP contribution >= 0.6 is 15.9 Å². The van der Waals surface area contributed by atoms with Crippen LogP contribution in [0.5, 0.6) is 5.75 Å². The molecule has 2 fully saturated rings. The van der Waals surface area contributed by atoms with Crippen LogP contribution in [0.15, 0.2) is 16.6 Å². The predicted octanol–water partition coefficient (Wildman–Crippen LogP) is 2.81. The quantitative estimate of drug-likeness (QED) is 0.630. The van der Waals surface area contributed by atoms with Gasteiger partial charge >= 0.3 is 0 Å². The summed E-state index contributed by atoms with van der Waals surface area (Å²) < 4.78 is 0.399. The van der Waals surface area contributed by atoms with Gasteiger partial charge in [-0.2, -0.15) is 0 Å². The summed E-state index contributed by atoms with van der Waals surface area (Å²) in [5.41, 5.74) is 0.715. The van der Waals surface area contributed by atoms with Crippen molar-refractivity contribution in [3.05, 3.63) is 32.3 Å². The summed E-state index contributed by atoms with van der Waals surface area (Å²) in [6.45, 7) is 3.64. The average molecular weight is 370 g/mol. The van der Waals surface area contributed by atoms with E-state index in [1.54, 1.807) is 6.07 Å². The molecule has 3 rings (SSSR count). The maximum atomic E-state index is 11.1. The van der Waals surface area contributed by atoms with Gasteiger partial charge in [0.1, 0.15) is 5.75 Å². The number of hydrogen-bond donors (Lipinski definition) is 2. The largest absolute Gasteiger partial charge is 0.506 e. The Morgan fingerprint density at radius 3 is 2.59 bits per heavy atom. The standard InChI is InChI=1S/C15H20BrN3O3/c16-13-9-11(19(21)22)8-12(15(13)20)14(10-2-1-3-10)18-6-4-17-5-7-18/h8-10,14,17,20H,1-7H2/t14-/m1/s1. The number of non-ortho nitro benzene ring substituents is 1. The monoisotopic (exact) mass is 369 g/mol. The number of rotatable bonds is 4. The number of phenols is 1. The predicted molar refractivity (Wildman–Crippen MR) is 87.0 cm³/mol. The van der Waals surface area contributed by atoms with Gasteiger partial charge in [0.2, 0.25) is 0 Å². The molecule has 1 saturated carbocycles. The molecule has 0 amide bonds. The molecule has 1 heterocycles. The molecule has 0 bridgehead atoms. The first-order valence-electron chi connectivity index (χ1n) is 7.69. The minimum atomic E-state index is -0.400. The Balaban J connectivity index is 2.00. The summed E-state index contributed by atoms with van der Waals surface area (Å²) in [5, 5.41) is 24.9. The van der Waals surface area contributed by atoms with Gasteiger partial charge in [-0.15, -0.1) is 0 Å². The van der Waals surface area contributed by atoms with E-state index < -0.39 is 4.92 Å². The van der Waals surface area contributed by atoms with Gasteiger partial charge in [-0.25, -0.2) is 0 Å². The van der Waals surface area contributed by atoms with E-state index in [-0.39, 0.29) is 17.5 Å². The molecule has 1 atom stereocenters. The number of halogens is 1. The van der Waals surface area contributed by atoms with Gasteiger partial charge in [0.05, 0.1) is 9.40 Å². The van der Waals surface area contributed by atoms with Gasteiger partial charge in [-0.05, 0) is 34.7 Å². The molecule has 6 nitrogen and oxygen atoms in total. The van der Waals surface area contributed by atoms with Crippen molar-refractivity contribution < 1.29 is 10.0 Å². The second-order valence-corrected chi connectivity index (χ2v) is 6.90. The van der Waals surface area contributed by atoms with Crippen molar-refractivity contribution in [2.75, 3.05) is 26.2 Å². The highest BCUT2D eigenvalue weighted by molar-refractivity contribution is 9.10. The molecule has 2 aliphatic rings. The summed E-state index contributed by atoms with van der Waals surface area (Å²) in [6, 6.07) is 2.98. The number of aromatic hydroxyl groups is 1. The zero-order valence-electron chi connectivity index (χ0n) is 12.3. The van der Waals surface area contributed by atoms with Crippen molar-refractivity contribution in [1.82, 2.24) is 10.2 Å². The lowest BCUT2D eigenvalue weighted by atomic mass is 9.76. The third-order valence-electron chi connectivity index (χ3n) is 4.75. The third-order valence-corrected chi connectivity index (χ3v) is 5.35. The van der Waals surface area contributed by atoms with Crippen LogP contribution in [0.4, 0.5) is 5.69 Å². The van der Waals surface area contributed by atoms with Crippen molar-refractivity contribution in [2.45, 2.75) is 25.3 Å². The number of phenolic OH excluding ortho intramolecular Hbond substituents is 1. The average Bonchev–Trinajstić information content (AvgIpc) is 2.46. The molecule has 0 spiro atoms. The first-order chi connectivity index (χ1) is 10.6. The Morgan fingerprint density at radius 2 is 2.05 bits per heavy atom. The maximum Gasteiger partial charge on any atom is 0.271 e. The molecule has 0 radical (unpaired) electrons. The molecule has 1 aliphatic carbocycles. The van der Waals surface area contributed by atoms with E-state index in [2.05, 4.69) is 26.1 Å². The van der Waals surface area contributed by atoms with E-state index >= 15 is 0 Å². The Morgan fingerprint density at radius 1 is 1.36 bits per heavy atom. The van der Waals surface area contributed by atoms with Crippen LogP contribution in [0.2, 0.25) is 0 Å². The second-order valence-electron chi connectivity index (χ2n) is 6.04. The van der Waals surface area contributed by atoms with Crippen LogP contribution in [0.3, 0.4) is 0 Å². The normalized spacial score (nSPS) is 21.3. The smallest absolute Gasteiger partial charge is 0.271 e. The zero-order chi connectivity index (χ0) is 15.7. The molecule has 1 aromatic rings. The molecule has 22 heavy (non-hydrogen) atoms. The fourth-order valence-corrected chi connectivity index (χ4v) is 3.86. The number of benzene rings is 1. The second kappa shape index (κ2) is 6.52. The summed E-state index contributed by atoms with van der Waals surface area (Å²) in [7, 11) is 0. The minimum Gasteiger partial charge on any atom is -0.506 e. The fourth-order valence-electron chi connectivity index (χ4n) is 3.40. The highest BCUT2D eigenvalue weighted by atomic mass is 79.9. The first-order valence-corrected chi connectivity index (χ1v) is 8.49. The molecule has 120 valence electrons. The fraction of sp³-hybridized carbons (Fsp3) is 0.600. The van der Waals surface area contributed by atoms with Crippen LogP contribution in [0.1, 0.15) is 30.9 Å². The van der Waals surface area contributed by atoms with E-state index in [0.717, 1.165) is 39.0 Å². The summed E-state index contributed by atoms with van der Waals surface area (Å²) in [5.74, 6) is 0.610. The van der Waals surface area contributed by atoms with E-state index in [0.29, 0.717) is 16.0 Å². The van der Waals surface area contributed by atoms with Gasteiger partial charge in [0.15, 0.2) is 0 Å². The number of hydrogen-bond acceptors (Lipinski definition) is 5. The van der Waals surface area contributed by atoms with Crippen molar-refractivity contribution in [1.29, 1.82) is 0 Å². The Bertz CT molecular complexity index is 571. The summed E-state index contributed by atoms with van der Waals surface area (Å²) in [4.78, 5) is 13.1. The zero-order valence-corrected chi connectivity index (χ0v) is 13.9. The molecular weight excluding hydrogens is 350 g/mol. The van der Waals surface area contributed by atoms with E-state index in [1.807, 2.05) is 0 Å². The summed E-state index contributed by atoms with van der Waals surface area (Å²) >= 11 is 3.26. The van der Waals surface area contributed by atoms with Gasteiger partial charge in [-0.1, -0.05) is 6.42 Å². The molecule has 0 unspecified atom stereocenters. The molecule has 1 aromatic carbocycles. The molecular formula is C15H20BrN3O3. The van der Waals surface area contributed by atoms with Crippen LogP contribution in [0, 0.1) is 16.0 Å². The minimum absolute atomic E-state index is 0.0270. The third kappa shape index (κ3) is 2.98. The van der Waals surface area contributed by atoms with Crippen molar-refractivity contribution in [3.8, 4) is 5.75 Å². The van der Waals surface area contributed by atoms with Crippen molar-refractivity contribution in [3.63, 3.8) is 0 Å². The van der Waals surface area contributed by atoms with E-state index in [1.165, 1.54) is 12.5 Å². The lowest BCUT2D eigenvalue weighted by Crippen LogP contribution is -2.47. The number of nitrogens with one attached hydrogen (secondary N) is 1. The van der Waals surface area contributed by atoms with E-state index in [9.17, 15) is 15.2 Å². The van der Waals surface area contributed by atoms with Crippen LogP contribution < -0.4 is 5.32 Å². The topological polar surface area (TPSA) is 78.6 Å². The number of nitro groups is 1. The molecule has 1 saturated heterocycles. The van der Waals surface area contributed by atoms with Crippen LogP contribution in [-0.4, -0.2) is 41.1 Å². The summed E-state index contributed by atoms with van der Waals surface area (Å²) in [6.07, 6.45) is 3.44. The number of nitrogens with zero attached hydrogens (tertiary/aromatic N) is 2. The van der Waals surface area contributed by atoms with Gasteiger partial charge in [0, 0.05) is 49.9 Å². The van der Waals surface area contributed by atoms with Gasteiger partial charge in [-0.3, -0.25) is 15.0 Å². The molecule has 7 heteroatoms. The highest BCUT2D eigenvalue weighted by Gasteiger charge is 2.36. The SMILES string of the molecule is O=[N+]([O-])c1cc(Br)c(O)c([C@@H](C2CCC2)N2CCNCC2)c1. The van der Waals surface area contributed by atoms with E-state index in [4.69, 9.17) is 0 Å². The number of nitro benzene ring substituents is 1. The Kier molecular flexibility index (Phi) is 4.65. The highest BCUT2D eigenvalue weighted by Crippen LogP contribution is 2.46. The Hall–Kier alpha value is -1.18.